The molecule has 0 radical (unpaired) electrons. The van der Waals surface area contributed by atoms with Crippen LogP contribution in [0.3, 0.4) is 0 Å². The predicted molar refractivity (Wildman–Crippen MR) is 80.0 cm³/mol. The maximum atomic E-state index is 4.77. The molecule has 0 saturated carbocycles. The summed E-state index contributed by atoms with van der Waals surface area (Å²) in [6.07, 6.45) is 5.47. The van der Waals surface area contributed by atoms with Gasteiger partial charge in [0, 0.05) is 19.1 Å². The molecule has 0 unspecified atom stereocenters. The van der Waals surface area contributed by atoms with Gasteiger partial charge < -0.3 is 5.32 Å². The van der Waals surface area contributed by atoms with Crippen LogP contribution in [0.5, 0.6) is 0 Å². The van der Waals surface area contributed by atoms with Crippen LogP contribution >= 0.6 is 0 Å². The van der Waals surface area contributed by atoms with Crippen LogP contribution in [0.15, 0.2) is 18.2 Å². The van der Waals surface area contributed by atoms with Crippen molar-refractivity contribution >= 4 is 0 Å². The Morgan fingerprint density at radius 3 is 2.47 bits per heavy atom. The van der Waals surface area contributed by atoms with Crippen LogP contribution in [0.1, 0.15) is 50.9 Å². The van der Waals surface area contributed by atoms with E-state index in [0.717, 1.165) is 18.8 Å². The molecule has 19 heavy (non-hydrogen) atoms. The van der Waals surface area contributed by atoms with Gasteiger partial charge in [-0.05, 0) is 38.1 Å². The highest BCUT2D eigenvalue weighted by atomic mass is 15.1. The Morgan fingerprint density at radius 2 is 1.79 bits per heavy atom. The molecule has 1 fully saturated rings. The van der Waals surface area contributed by atoms with E-state index in [9.17, 15) is 0 Å². The highest BCUT2D eigenvalue weighted by Crippen LogP contribution is 2.12. The number of aromatic nitrogens is 1. The van der Waals surface area contributed by atoms with E-state index in [0.29, 0.717) is 6.04 Å². The van der Waals surface area contributed by atoms with Gasteiger partial charge in [-0.15, -0.1) is 0 Å². The number of hydrogen-bond acceptors (Lipinski definition) is 3. The fourth-order valence-corrected chi connectivity index (χ4v) is 2.55. The van der Waals surface area contributed by atoms with Gasteiger partial charge in [-0.25, -0.2) is 0 Å². The zero-order chi connectivity index (χ0) is 13.5. The number of rotatable bonds is 5. The zero-order valence-corrected chi connectivity index (χ0v) is 12.4. The molecule has 3 heteroatoms. The Labute approximate surface area is 117 Å². The maximum absolute atomic E-state index is 4.77. The zero-order valence-electron chi connectivity index (χ0n) is 12.4. The first kappa shape index (κ1) is 14.5. The molecule has 1 aromatic heterocycles. The molecule has 0 atom stereocenters. The second-order valence-electron chi connectivity index (χ2n) is 5.85. The summed E-state index contributed by atoms with van der Waals surface area (Å²) in [6, 6.07) is 6.92. The lowest BCUT2D eigenvalue weighted by Crippen LogP contribution is -2.25. The van der Waals surface area contributed by atoms with Gasteiger partial charge in [0.05, 0.1) is 11.4 Å². The van der Waals surface area contributed by atoms with Gasteiger partial charge in [0.2, 0.25) is 0 Å². The highest BCUT2D eigenvalue weighted by Gasteiger charge is 2.10. The molecule has 3 nitrogen and oxygen atoms in total. The van der Waals surface area contributed by atoms with Gasteiger partial charge in [-0.3, -0.25) is 9.88 Å². The minimum atomic E-state index is 0.510. The second-order valence-corrected chi connectivity index (χ2v) is 5.85. The molecular formula is C16H27N3. The Bertz CT molecular complexity index is 368. The van der Waals surface area contributed by atoms with Gasteiger partial charge >= 0.3 is 0 Å². The van der Waals surface area contributed by atoms with E-state index in [-0.39, 0.29) is 0 Å². The van der Waals surface area contributed by atoms with E-state index in [2.05, 4.69) is 42.3 Å². The quantitative estimate of drug-likeness (QED) is 0.883. The van der Waals surface area contributed by atoms with E-state index in [4.69, 9.17) is 4.98 Å². The van der Waals surface area contributed by atoms with Gasteiger partial charge in [0.25, 0.3) is 0 Å². The van der Waals surface area contributed by atoms with E-state index < -0.39 is 0 Å². The highest BCUT2D eigenvalue weighted by molar-refractivity contribution is 5.11. The minimum absolute atomic E-state index is 0.510. The molecule has 0 spiro atoms. The molecule has 2 heterocycles. The van der Waals surface area contributed by atoms with Crippen molar-refractivity contribution in [2.75, 3.05) is 13.1 Å². The van der Waals surface area contributed by atoms with Crippen molar-refractivity contribution in [3.05, 3.63) is 29.6 Å². The first-order valence-corrected chi connectivity index (χ1v) is 7.64. The molecule has 1 aromatic rings. The van der Waals surface area contributed by atoms with Crippen LogP contribution in [-0.2, 0) is 13.1 Å². The largest absolute Gasteiger partial charge is 0.309 e. The second kappa shape index (κ2) is 7.61. The molecule has 1 saturated heterocycles. The molecule has 0 amide bonds. The van der Waals surface area contributed by atoms with Crippen molar-refractivity contribution in [3.63, 3.8) is 0 Å². The van der Waals surface area contributed by atoms with Crippen LogP contribution in [0.2, 0.25) is 0 Å². The summed E-state index contributed by atoms with van der Waals surface area (Å²) in [4.78, 5) is 7.32. The molecule has 1 aliphatic heterocycles. The number of likely N-dealkylation sites (tertiary alicyclic amines) is 1. The van der Waals surface area contributed by atoms with E-state index >= 15 is 0 Å². The van der Waals surface area contributed by atoms with Crippen molar-refractivity contribution in [1.29, 1.82) is 0 Å². The first-order chi connectivity index (χ1) is 9.24. The predicted octanol–water partition coefficient (Wildman–Crippen LogP) is 2.96. The third-order valence-electron chi connectivity index (χ3n) is 3.64. The molecule has 1 N–H and O–H groups in total. The SMILES string of the molecule is CC(C)NCc1cccc(CN2CCCCCC2)n1. The van der Waals surface area contributed by atoms with Crippen molar-refractivity contribution < 1.29 is 0 Å². The Kier molecular flexibility index (Phi) is 5.80. The summed E-state index contributed by atoms with van der Waals surface area (Å²) in [5.74, 6) is 0. The van der Waals surface area contributed by atoms with E-state index in [1.54, 1.807) is 0 Å². The lowest BCUT2D eigenvalue weighted by Gasteiger charge is -2.19. The average Bonchev–Trinajstić information content (AvgIpc) is 2.65. The summed E-state index contributed by atoms with van der Waals surface area (Å²) in [5, 5.41) is 3.43. The van der Waals surface area contributed by atoms with Crippen LogP contribution in [0, 0.1) is 0 Å². The number of pyridine rings is 1. The number of nitrogens with zero attached hydrogens (tertiary/aromatic N) is 2. The maximum Gasteiger partial charge on any atom is 0.0547 e. The topological polar surface area (TPSA) is 28.2 Å². The van der Waals surface area contributed by atoms with Gasteiger partial charge in [-0.2, -0.15) is 0 Å². The van der Waals surface area contributed by atoms with Crippen molar-refractivity contribution in [2.24, 2.45) is 0 Å². The molecular weight excluding hydrogens is 234 g/mol. The molecule has 106 valence electrons. The summed E-state index contributed by atoms with van der Waals surface area (Å²) >= 11 is 0. The monoisotopic (exact) mass is 261 g/mol. The van der Waals surface area contributed by atoms with E-state index in [1.807, 2.05) is 0 Å². The van der Waals surface area contributed by atoms with Crippen LogP contribution in [0.4, 0.5) is 0 Å². The van der Waals surface area contributed by atoms with Crippen LogP contribution in [-0.4, -0.2) is 29.0 Å². The van der Waals surface area contributed by atoms with Gasteiger partial charge in [0.15, 0.2) is 0 Å². The third kappa shape index (κ3) is 5.29. The fraction of sp³-hybridized carbons (Fsp3) is 0.688. The lowest BCUT2D eigenvalue weighted by atomic mass is 10.2. The number of hydrogen-bond donors (Lipinski definition) is 1. The molecule has 2 rings (SSSR count). The molecule has 0 aromatic carbocycles. The summed E-state index contributed by atoms with van der Waals surface area (Å²) < 4.78 is 0. The standard InChI is InChI=1S/C16H27N3/c1-14(2)17-12-15-8-7-9-16(18-15)13-19-10-5-3-4-6-11-19/h7-9,14,17H,3-6,10-13H2,1-2H3. The summed E-state index contributed by atoms with van der Waals surface area (Å²) in [7, 11) is 0. The van der Waals surface area contributed by atoms with Crippen molar-refractivity contribution in [3.8, 4) is 0 Å². The Balaban J connectivity index is 1.90. The van der Waals surface area contributed by atoms with Crippen molar-refractivity contribution in [1.82, 2.24) is 15.2 Å². The molecule has 0 bridgehead atoms. The summed E-state index contributed by atoms with van der Waals surface area (Å²) in [6.45, 7) is 8.68. The third-order valence-corrected chi connectivity index (χ3v) is 3.64. The normalized spacial score (nSPS) is 17.6. The first-order valence-electron chi connectivity index (χ1n) is 7.64. The minimum Gasteiger partial charge on any atom is -0.309 e. The van der Waals surface area contributed by atoms with Crippen molar-refractivity contribution in [2.45, 2.75) is 58.7 Å². The Morgan fingerprint density at radius 1 is 1.11 bits per heavy atom. The summed E-state index contributed by atoms with van der Waals surface area (Å²) in [5.41, 5.74) is 2.37. The van der Waals surface area contributed by atoms with E-state index in [1.165, 1.54) is 44.5 Å². The lowest BCUT2D eigenvalue weighted by molar-refractivity contribution is 0.273. The van der Waals surface area contributed by atoms with Gasteiger partial charge in [-0.1, -0.05) is 32.8 Å². The van der Waals surface area contributed by atoms with Crippen LogP contribution in [0.25, 0.3) is 0 Å². The van der Waals surface area contributed by atoms with Gasteiger partial charge in [0.1, 0.15) is 0 Å². The molecule has 1 aliphatic rings. The smallest absolute Gasteiger partial charge is 0.0547 e. The van der Waals surface area contributed by atoms with Crippen LogP contribution < -0.4 is 5.32 Å². The molecule has 0 aliphatic carbocycles. The Hall–Kier alpha value is -0.930. The number of nitrogens with one attached hydrogen (secondary N) is 1. The average molecular weight is 261 g/mol. The fourth-order valence-electron chi connectivity index (χ4n) is 2.55.